The number of nitrogens with zero attached hydrogens (tertiary/aromatic N) is 1. The van der Waals surface area contributed by atoms with Gasteiger partial charge in [0.05, 0.1) is 18.5 Å². The van der Waals surface area contributed by atoms with Gasteiger partial charge in [-0.1, -0.05) is 12.8 Å². The van der Waals surface area contributed by atoms with Gasteiger partial charge in [0.25, 0.3) is 0 Å². The van der Waals surface area contributed by atoms with Crippen molar-refractivity contribution in [2.45, 2.75) is 38.1 Å². The maximum absolute atomic E-state index is 8.51. The highest BCUT2D eigenvalue weighted by atomic mass is 15.2. The fourth-order valence-corrected chi connectivity index (χ4v) is 1.86. The second-order valence-corrected chi connectivity index (χ2v) is 3.22. The SMILES string of the molecule is N#CCC(N[NH3+])C1CCCC1. The van der Waals surface area contributed by atoms with E-state index in [0.717, 1.165) is 0 Å². The quantitative estimate of drug-likeness (QED) is 0.571. The Balaban J connectivity index is 2.34. The molecule has 1 atom stereocenters. The first-order valence-corrected chi connectivity index (χ1v) is 4.28. The molecule has 0 heterocycles. The van der Waals surface area contributed by atoms with Crippen LogP contribution in [0.25, 0.3) is 0 Å². The van der Waals surface area contributed by atoms with Crippen LogP contribution in [0.2, 0.25) is 0 Å². The molecule has 0 spiro atoms. The van der Waals surface area contributed by atoms with E-state index in [-0.39, 0.29) is 0 Å². The van der Waals surface area contributed by atoms with Crippen molar-refractivity contribution in [2.24, 2.45) is 5.92 Å². The van der Waals surface area contributed by atoms with E-state index in [9.17, 15) is 0 Å². The van der Waals surface area contributed by atoms with Gasteiger partial charge in [-0.15, -0.1) is 0 Å². The summed E-state index contributed by atoms with van der Waals surface area (Å²) >= 11 is 0. The molecule has 0 aromatic carbocycles. The van der Waals surface area contributed by atoms with E-state index in [1.807, 2.05) is 0 Å². The monoisotopic (exact) mass is 154 g/mol. The maximum atomic E-state index is 8.51. The Morgan fingerprint density at radius 3 is 2.64 bits per heavy atom. The van der Waals surface area contributed by atoms with Crippen LogP contribution in [0.1, 0.15) is 32.1 Å². The summed E-state index contributed by atoms with van der Waals surface area (Å²) in [6, 6.07) is 2.53. The first kappa shape index (κ1) is 8.51. The van der Waals surface area contributed by atoms with Crippen LogP contribution in [-0.2, 0) is 0 Å². The summed E-state index contributed by atoms with van der Waals surface area (Å²) in [5, 5.41) is 8.51. The van der Waals surface area contributed by atoms with Gasteiger partial charge in [-0.3, -0.25) is 5.84 Å². The van der Waals surface area contributed by atoms with Crippen LogP contribution < -0.4 is 11.3 Å². The van der Waals surface area contributed by atoms with Gasteiger partial charge in [0.2, 0.25) is 0 Å². The normalized spacial score (nSPS) is 21.5. The fraction of sp³-hybridized carbons (Fsp3) is 0.875. The van der Waals surface area contributed by atoms with Crippen LogP contribution in [0.5, 0.6) is 0 Å². The smallest absolute Gasteiger partial charge is 0.0711 e. The molecular weight excluding hydrogens is 138 g/mol. The zero-order valence-electron chi connectivity index (χ0n) is 6.84. The second-order valence-electron chi connectivity index (χ2n) is 3.22. The zero-order valence-corrected chi connectivity index (χ0v) is 6.84. The Bertz CT molecular complexity index is 144. The third-order valence-corrected chi connectivity index (χ3v) is 2.54. The van der Waals surface area contributed by atoms with Gasteiger partial charge >= 0.3 is 0 Å². The van der Waals surface area contributed by atoms with E-state index < -0.39 is 0 Å². The molecule has 1 unspecified atom stereocenters. The van der Waals surface area contributed by atoms with Crippen molar-refractivity contribution in [3.05, 3.63) is 0 Å². The molecule has 1 saturated carbocycles. The van der Waals surface area contributed by atoms with E-state index >= 15 is 0 Å². The number of hydrogen-bond donors (Lipinski definition) is 2. The van der Waals surface area contributed by atoms with Crippen LogP contribution >= 0.6 is 0 Å². The molecule has 0 radical (unpaired) electrons. The molecule has 0 aromatic heterocycles. The average molecular weight is 154 g/mol. The van der Waals surface area contributed by atoms with Gasteiger partial charge in [0, 0.05) is 0 Å². The van der Waals surface area contributed by atoms with Gasteiger partial charge in [-0.05, 0) is 18.8 Å². The number of nitriles is 1. The minimum Gasteiger partial charge on any atom is -0.280 e. The molecule has 3 nitrogen and oxygen atoms in total. The molecule has 0 bridgehead atoms. The van der Waals surface area contributed by atoms with Crippen molar-refractivity contribution in [1.29, 1.82) is 5.26 Å². The summed E-state index contributed by atoms with van der Waals surface area (Å²) in [6.45, 7) is 0. The van der Waals surface area contributed by atoms with Crippen molar-refractivity contribution in [1.82, 2.24) is 5.43 Å². The van der Waals surface area contributed by atoms with Crippen LogP contribution in [0.3, 0.4) is 0 Å². The van der Waals surface area contributed by atoms with Crippen molar-refractivity contribution in [3.8, 4) is 6.07 Å². The first-order chi connectivity index (χ1) is 5.38. The largest absolute Gasteiger partial charge is 0.280 e. The average Bonchev–Trinajstić information content (AvgIpc) is 2.52. The second kappa shape index (κ2) is 4.32. The molecule has 4 N–H and O–H groups in total. The number of hydrogen-bond acceptors (Lipinski definition) is 2. The lowest BCUT2D eigenvalue weighted by molar-refractivity contribution is -0.454. The van der Waals surface area contributed by atoms with Crippen molar-refractivity contribution in [2.75, 3.05) is 0 Å². The molecule has 1 rings (SSSR count). The molecule has 11 heavy (non-hydrogen) atoms. The van der Waals surface area contributed by atoms with E-state index in [4.69, 9.17) is 5.26 Å². The summed E-state index contributed by atoms with van der Waals surface area (Å²) in [4.78, 5) is 0. The molecule has 1 fully saturated rings. The third-order valence-electron chi connectivity index (χ3n) is 2.54. The highest BCUT2D eigenvalue weighted by Crippen LogP contribution is 2.28. The minimum atomic E-state index is 0.336. The summed E-state index contributed by atoms with van der Waals surface area (Å²) in [5.74, 6) is 4.35. The molecule has 0 amide bonds. The summed E-state index contributed by atoms with van der Waals surface area (Å²) in [5.41, 5.74) is 2.97. The Morgan fingerprint density at radius 1 is 1.55 bits per heavy atom. The Hall–Kier alpha value is -0.590. The lowest BCUT2D eigenvalue weighted by Gasteiger charge is -2.16. The molecule has 1 aliphatic carbocycles. The van der Waals surface area contributed by atoms with Crippen molar-refractivity contribution >= 4 is 0 Å². The third kappa shape index (κ3) is 2.18. The standard InChI is InChI=1S/C8H15N3/c9-6-5-8(11-10)7-3-1-2-4-7/h7-8,11H,1-5,10H2/p+1. The van der Waals surface area contributed by atoms with E-state index in [0.29, 0.717) is 18.4 Å². The fourth-order valence-electron chi connectivity index (χ4n) is 1.86. The number of rotatable bonds is 3. The molecule has 3 heteroatoms. The van der Waals surface area contributed by atoms with Gasteiger partial charge in [0.1, 0.15) is 0 Å². The van der Waals surface area contributed by atoms with Crippen LogP contribution in [-0.4, -0.2) is 6.04 Å². The summed E-state index contributed by atoms with van der Waals surface area (Å²) < 4.78 is 0. The number of nitrogens with one attached hydrogen (secondary N) is 1. The summed E-state index contributed by atoms with van der Waals surface area (Å²) in [7, 11) is 0. The van der Waals surface area contributed by atoms with Crippen LogP contribution in [0.4, 0.5) is 0 Å². The van der Waals surface area contributed by atoms with Gasteiger partial charge < -0.3 is 0 Å². The highest BCUT2D eigenvalue weighted by Gasteiger charge is 2.24. The molecule has 0 aliphatic heterocycles. The molecule has 0 saturated heterocycles. The van der Waals surface area contributed by atoms with Crippen LogP contribution in [0, 0.1) is 17.2 Å². The zero-order chi connectivity index (χ0) is 8.10. The predicted molar refractivity (Wildman–Crippen MR) is 42.0 cm³/mol. The Labute approximate surface area is 67.5 Å². The molecule has 0 aromatic rings. The van der Waals surface area contributed by atoms with Gasteiger partial charge in [-0.2, -0.15) is 10.7 Å². The maximum Gasteiger partial charge on any atom is 0.0711 e. The minimum absolute atomic E-state index is 0.336. The highest BCUT2D eigenvalue weighted by molar-refractivity contribution is 4.85. The van der Waals surface area contributed by atoms with Gasteiger partial charge in [0.15, 0.2) is 0 Å². The topological polar surface area (TPSA) is 63.5 Å². The number of quaternary nitrogens is 1. The van der Waals surface area contributed by atoms with Crippen molar-refractivity contribution in [3.63, 3.8) is 0 Å². The van der Waals surface area contributed by atoms with Crippen LogP contribution in [0.15, 0.2) is 0 Å². The first-order valence-electron chi connectivity index (χ1n) is 4.28. The van der Waals surface area contributed by atoms with E-state index in [2.05, 4.69) is 17.3 Å². The lowest BCUT2D eigenvalue weighted by Crippen LogP contribution is -2.69. The predicted octanol–water partition coefficient (Wildman–Crippen LogP) is 0.205. The van der Waals surface area contributed by atoms with E-state index in [1.165, 1.54) is 25.7 Å². The lowest BCUT2D eigenvalue weighted by atomic mass is 9.97. The van der Waals surface area contributed by atoms with E-state index in [1.54, 1.807) is 0 Å². The van der Waals surface area contributed by atoms with Crippen molar-refractivity contribution < 1.29 is 5.84 Å². The summed E-state index contributed by atoms with van der Waals surface area (Å²) in [6.07, 6.45) is 5.81. The molecular formula is C8H16N3+. The Morgan fingerprint density at radius 2 is 2.18 bits per heavy atom. The van der Waals surface area contributed by atoms with Gasteiger partial charge in [-0.25, -0.2) is 0 Å². The molecule has 62 valence electrons. The Kier molecular flexibility index (Phi) is 3.34. The molecule has 1 aliphatic rings.